The lowest BCUT2D eigenvalue weighted by atomic mass is 9.77. The fraction of sp³-hybridized carbons (Fsp3) is 0.867. The summed E-state index contributed by atoms with van der Waals surface area (Å²) in [5, 5.41) is 0. The summed E-state index contributed by atoms with van der Waals surface area (Å²) in [6, 6.07) is 0. The zero-order chi connectivity index (χ0) is 14.6. The van der Waals surface area contributed by atoms with Gasteiger partial charge in [0.1, 0.15) is 0 Å². The Morgan fingerprint density at radius 3 is 2.60 bits per heavy atom. The van der Waals surface area contributed by atoms with E-state index in [-0.39, 0.29) is 23.4 Å². The van der Waals surface area contributed by atoms with E-state index < -0.39 is 0 Å². The van der Waals surface area contributed by atoms with Crippen molar-refractivity contribution in [2.24, 2.45) is 5.92 Å². The van der Waals surface area contributed by atoms with Gasteiger partial charge in [0.2, 0.25) is 5.91 Å². The van der Waals surface area contributed by atoms with Gasteiger partial charge in [0, 0.05) is 20.2 Å². The fourth-order valence-corrected chi connectivity index (χ4v) is 3.07. The summed E-state index contributed by atoms with van der Waals surface area (Å²) in [7, 11) is 1.68. The first-order chi connectivity index (χ1) is 9.60. The standard InChI is InChI=1S/C15H25NO4/c1-3-20-14(18)12-6-4-9-16(11-12)13(17)10-15(19-2)7-5-8-15/h12H,3-11H2,1-2H3/t12-/m1/s1. The van der Waals surface area contributed by atoms with Gasteiger partial charge in [-0.1, -0.05) is 0 Å². The van der Waals surface area contributed by atoms with Crippen molar-refractivity contribution in [3.05, 3.63) is 0 Å². The summed E-state index contributed by atoms with van der Waals surface area (Å²) in [6.45, 7) is 3.45. The molecule has 114 valence electrons. The molecule has 1 aliphatic heterocycles. The minimum absolute atomic E-state index is 0.112. The van der Waals surface area contributed by atoms with E-state index in [1.54, 1.807) is 7.11 Å². The van der Waals surface area contributed by atoms with Crippen LogP contribution in [0.5, 0.6) is 0 Å². The van der Waals surface area contributed by atoms with E-state index in [4.69, 9.17) is 9.47 Å². The molecule has 1 saturated carbocycles. The molecule has 0 radical (unpaired) electrons. The van der Waals surface area contributed by atoms with Gasteiger partial charge >= 0.3 is 5.97 Å². The van der Waals surface area contributed by atoms with Crippen LogP contribution in [0.1, 0.15) is 45.4 Å². The Balaban J connectivity index is 1.88. The van der Waals surface area contributed by atoms with Crippen LogP contribution in [0.4, 0.5) is 0 Å². The highest BCUT2D eigenvalue weighted by atomic mass is 16.5. The Kier molecular flexibility index (Phi) is 5.02. The van der Waals surface area contributed by atoms with Gasteiger partial charge in [-0.15, -0.1) is 0 Å². The summed E-state index contributed by atoms with van der Waals surface area (Å²) in [5.74, 6) is -0.219. The highest BCUT2D eigenvalue weighted by molar-refractivity contribution is 5.79. The number of likely N-dealkylation sites (tertiary alicyclic amines) is 1. The summed E-state index contributed by atoms with van der Waals surface area (Å²) < 4.78 is 10.6. The maximum atomic E-state index is 12.4. The minimum Gasteiger partial charge on any atom is -0.466 e. The second-order valence-electron chi connectivity index (χ2n) is 5.85. The lowest BCUT2D eigenvalue weighted by Gasteiger charge is -2.42. The predicted octanol–water partition coefficient (Wildman–Crippen LogP) is 1.75. The Hall–Kier alpha value is -1.10. The largest absolute Gasteiger partial charge is 0.466 e. The third-order valence-electron chi connectivity index (χ3n) is 4.57. The molecule has 1 saturated heterocycles. The monoisotopic (exact) mass is 283 g/mol. The van der Waals surface area contributed by atoms with Gasteiger partial charge in [-0.3, -0.25) is 9.59 Å². The van der Waals surface area contributed by atoms with E-state index in [1.165, 1.54) is 0 Å². The van der Waals surface area contributed by atoms with Crippen molar-refractivity contribution in [2.45, 2.75) is 51.0 Å². The fourth-order valence-electron chi connectivity index (χ4n) is 3.07. The number of methoxy groups -OCH3 is 1. The maximum absolute atomic E-state index is 12.4. The Morgan fingerprint density at radius 2 is 2.05 bits per heavy atom. The van der Waals surface area contributed by atoms with Crippen LogP contribution in [-0.4, -0.2) is 49.2 Å². The normalized spacial score (nSPS) is 24.9. The Labute approximate surface area is 120 Å². The van der Waals surface area contributed by atoms with Gasteiger partial charge in [-0.25, -0.2) is 0 Å². The molecule has 2 fully saturated rings. The van der Waals surface area contributed by atoms with Crippen molar-refractivity contribution in [2.75, 3.05) is 26.8 Å². The lowest BCUT2D eigenvalue weighted by Crippen LogP contribution is -2.48. The molecule has 1 atom stereocenters. The van der Waals surface area contributed by atoms with Gasteiger partial charge in [0.05, 0.1) is 24.5 Å². The van der Waals surface area contributed by atoms with Crippen LogP contribution in [0.15, 0.2) is 0 Å². The first kappa shape index (κ1) is 15.3. The van der Waals surface area contributed by atoms with Crippen LogP contribution in [-0.2, 0) is 19.1 Å². The summed E-state index contributed by atoms with van der Waals surface area (Å²) in [4.78, 5) is 26.0. The molecule has 2 aliphatic rings. The number of piperidine rings is 1. The van der Waals surface area contributed by atoms with E-state index >= 15 is 0 Å². The van der Waals surface area contributed by atoms with Gasteiger partial charge in [0.15, 0.2) is 0 Å². The number of nitrogens with zero attached hydrogens (tertiary/aromatic N) is 1. The quantitative estimate of drug-likeness (QED) is 0.721. The Bertz CT molecular complexity index is 359. The number of carbonyl (C=O) groups excluding carboxylic acids is 2. The van der Waals surface area contributed by atoms with Crippen LogP contribution >= 0.6 is 0 Å². The first-order valence-corrected chi connectivity index (χ1v) is 7.60. The molecule has 0 N–H and O–H groups in total. The number of hydrogen-bond acceptors (Lipinski definition) is 4. The molecule has 0 aromatic rings. The van der Waals surface area contributed by atoms with Crippen molar-refractivity contribution < 1.29 is 19.1 Å². The first-order valence-electron chi connectivity index (χ1n) is 7.60. The van der Waals surface area contributed by atoms with Gasteiger partial charge in [-0.2, -0.15) is 0 Å². The maximum Gasteiger partial charge on any atom is 0.310 e. The second-order valence-corrected chi connectivity index (χ2v) is 5.85. The molecular weight excluding hydrogens is 258 g/mol. The molecular formula is C15H25NO4. The van der Waals surface area contributed by atoms with Crippen LogP contribution in [0.25, 0.3) is 0 Å². The molecule has 0 unspecified atom stereocenters. The molecule has 1 aliphatic carbocycles. The number of amides is 1. The SMILES string of the molecule is CCOC(=O)[C@@H]1CCCN(C(=O)CC2(OC)CCC2)C1. The third-order valence-corrected chi connectivity index (χ3v) is 4.57. The molecule has 20 heavy (non-hydrogen) atoms. The third kappa shape index (κ3) is 3.32. The van der Waals surface area contributed by atoms with Crippen molar-refractivity contribution in [3.63, 3.8) is 0 Å². The smallest absolute Gasteiger partial charge is 0.310 e. The molecule has 5 heteroatoms. The van der Waals surface area contributed by atoms with Gasteiger partial charge in [0.25, 0.3) is 0 Å². The molecule has 0 bridgehead atoms. The average Bonchev–Trinajstić information content (AvgIpc) is 2.43. The van der Waals surface area contributed by atoms with E-state index in [0.29, 0.717) is 19.6 Å². The van der Waals surface area contributed by atoms with E-state index in [2.05, 4.69) is 0 Å². The van der Waals surface area contributed by atoms with Crippen LogP contribution in [0.2, 0.25) is 0 Å². The van der Waals surface area contributed by atoms with Crippen molar-refractivity contribution in [3.8, 4) is 0 Å². The number of carbonyl (C=O) groups is 2. The molecule has 1 heterocycles. The molecule has 0 aromatic heterocycles. The zero-order valence-electron chi connectivity index (χ0n) is 12.5. The molecule has 2 rings (SSSR count). The second kappa shape index (κ2) is 6.57. The van der Waals surface area contributed by atoms with Crippen LogP contribution in [0, 0.1) is 5.92 Å². The summed E-state index contributed by atoms with van der Waals surface area (Å²) in [5.41, 5.74) is -0.242. The number of esters is 1. The summed E-state index contributed by atoms with van der Waals surface area (Å²) in [6.07, 6.45) is 5.19. The van der Waals surface area contributed by atoms with Crippen molar-refractivity contribution >= 4 is 11.9 Å². The lowest BCUT2D eigenvalue weighted by molar-refractivity contribution is -0.153. The van der Waals surface area contributed by atoms with E-state index in [1.807, 2.05) is 11.8 Å². The molecule has 0 aromatic carbocycles. The van der Waals surface area contributed by atoms with Gasteiger partial charge in [-0.05, 0) is 39.0 Å². The van der Waals surface area contributed by atoms with Crippen LogP contribution < -0.4 is 0 Å². The van der Waals surface area contributed by atoms with E-state index in [0.717, 1.165) is 38.6 Å². The van der Waals surface area contributed by atoms with Gasteiger partial charge < -0.3 is 14.4 Å². The van der Waals surface area contributed by atoms with E-state index in [9.17, 15) is 9.59 Å². The van der Waals surface area contributed by atoms with Crippen LogP contribution in [0.3, 0.4) is 0 Å². The summed E-state index contributed by atoms with van der Waals surface area (Å²) >= 11 is 0. The predicted molar refractivity (Wildman–Crippen MR) is 74.1 cm³/mol. The number of rotatable bonds is 5. The average molecular weight is 283 g/mol. The highest BCUT2D eigenvalue weighted by Gasteiger charge is 2.41. The number of hydrogen-bond donors (Lipinski definition) is 0. The topological polar surface area (TPSA) is 55.8 Å². The molecule has 1 amide bonds. The highest BCUT2D eigenvalue weighted by Crippen LogP contribution is 2.38. The van der Waals surface area contributed by atoms with Crippen molar-refractivity contribution in [1.29, 1.82) is 0 Å². The Morgan fingerprint density at radius 1 is 1.30 bits per heavy atom. The number of ether oxygens (including phenoxy) is 2. The molecule has 0 spiro atoms. The van der Waals surface area contributed by atoms with Crippen molar-refractivity contribution in [1.82, 2.24) is 4.90 Å². The zero-order valence-corrected chi connectivity index (χ0v) is 12.5. The minimum atomic E-state index is -0.242. The molecule has 5 nitrogen and oxygen atoms in total.